The van der Waals surface area contributed by atoms with E-state index in [2.05, 4.69) is 19.2 Å². The number of amides is 1. The van der Waals surface area contributed by atoms with Gasteiger partial charge in [-0.05, 0) is 72.9 Å². The van der Waals surface area contributed by atoms with Crippen molar-refractivity contribution in [3.63, 3.8) is 0 Å². The lowest BCUT2D eigenvalue weighted by Crippen LogP contribution is -2.42. The molecule has 0 unspecified atom stereocenters. The van der Waals surface area contributed by atoms with Crippen molar-refractivity contribution in [1.82, 2.24) is 5.32 Å². The molecule has 8 heteroatoms. The smallest absolute Gasteiger partial charge is 0.264 e. The van der Waals surface area contributed by atoms with Crippen molar-refractivity contribution >= 4 is 33.2 Å². The lowest BCUT2D eigenvalue weighted by molar-refractivity contribution is -0.120. The highest BCUT2D eigenvalue weighted by molar-refractivity contribution is 7.92. The molecule has 6 nitrogen and oxygen atoms in total. The third-order valence-corrected chi connectivity index (χ3v) is 7.66. The van der Waals surface area contributed by atoms with E-state index in [-0.39, 0.29) is 17.5 Å². The number of halogens is 1. The van der Waals surface area contributed by atoms with E-state index in [1.54, 1.807) is 19.2 Å². The molecular weight excluding hydrogens is 484 g/mol. The number of aryl methyl sites for hydroxylation is 1. The Morgan fingerprint density at radius 1 is 1.00 bits per heavy atom. The molecule has 0 radical (unpaired) electrons. The summed E-state index contributed by atoms with van der Waals surface area (Å²) in [6, 6.07) is 20.3. The minimum atomic E-state index is -4.02. The molecule has 0 spiro atoms. The summed E-state index contributed by atoms with van der Waals surface area (Å²) in [5.74, 6) is 0.642. The highest BCUT2D eigenvalue weighted by Crippen LogP contribution is 2.28. The van der Waals surface area contributed by atoms with Crippen LogP contribution >= 0.6 is 11.6 Å². The molecule has 1 atom stereocenters. The normalized spacial score (nSPS) is 12.3. The Morgan fingerprint density at radius 2 is 1.63 bits per heavy atom. The molecule has 3 aromatic rings. The van der Waals surface area contributed by atoms with Crippen LogP contribution in [0.15, 0.2) is 77.7 Å². The van der Waals surface area contributed by atoms with E-state index in [9.17, 15) is 13.2 Å². The van der Waals surface area contributed by atoms with E-state index in [0.29, 0.717) is 23.0 Å². The number of para-hydroxylation sites is 1. The molecule has 0 heterocycles. The molecule has 0 fully saturated rings. The van der Waals surface area contributed by atoms with Crippen LogP contribution in [0.2, 0.25) is 5.02 Å². The average Bonchev–Trinajstić information content (AvgIpc) is 2.82. The predicted octanol–water partition coefficient (Wildman–Crippen LogP) is 5.76. The quantitative estimate of drug-likeness (QED) is 0.373. The predicted molar refractivity (Wildman–Crippen MR) is 140 cm³/mol. The first-order valence-electron chi connectivity index (χ1n) is 11.4. The van der Waals surface area contributed by atoms with E-state index in [4.69, 9.17) is 16.3 Å². The zero-order valence-electron chi connectivity index (χ0n) is 20.4. The molecule has 3 rings (SSSR count). The van der Waals surface area contributed by atoms with Crippen LogP contribution in [-0.2, 0) is 14.8 Å². The van der Waals surface area contributed by atoms with Crippen LogP contribution < -0.4 is 14.4 Å². The van der Waals surface area contributed by atoms with Crippen molar-refractivity contribution in [1.29, 1.82) is 0 Å². The summed E-state index contributed by atoms with van der Waals surface area (Å²) in [4.78, 5) is 13.4. The van der Waals surface area contributed by atoms with E-state index in [0.717, 1.165) is 21.2 Å². The monoisotopic (exact) mass is 514 g/mol. The number of sulfonamides is 1. The lowest BCUT2D eigenvalue weighted by Gasteiger charge is -2.27. The number of hydrogen-bond donors (Lipinski definition) is 1. The Bertz CT molecular complexity index is 1240. The minimum absolute atomic E-state index is 0.0619. The molecule has 35 heavy (non-hydrogen) atoms. The van der Waals surface area contributed by atoms with Gasteiger partial charge in [-0.1, -0.05) is 55.8 Å². The molecular formula is C27H31ClN2O4S. The van der Waals surface area contributed by atoms with Gasteiger partial charge in [0.25, 0.3) is 10.0 Å². The van der Waals surface area contributed by atoms with Crippen LogP contribution in [0.1, 0.15) is 37.4 Å². The number of carbonyl (C=O) groups is 1. The van der Waals surface area contributed by atoms with Gasteiger partial charge in [0.05, 0.1) is 23.7 Å². The van der Waals surface area contributed by atoms with Crippen molar-refractivity contribution in [2.24, 2.45) is 5.92 Å². The van der Waals surface area contributed by atoms with Crippen molar-refractivity contribution in [2.45, 2.75) is 38.1 Å². The van der Waals surface area contributed by atoms with Crippen LogP contribution in [0.5, 0.6) is 5.75 Å². The van der Waals surface area contributed by atoms with E-state index in [1.165, 1.54) is 24.3 Å². The van der Waals surface area contributed by atoms with Crippen molar-refractivity contribution in [3.8, 4) is 5.75 Å². The van der Waals surface area contributed by atoms with Gasteiger partial charge in [-0.2, -0.15) is 0 Å². The summed E-state index contributed by atoms with van der Waals surface area (Å²) in [6.45, 7) is 5.61. The van der Waals surface area contributed by atoms with Crippen LogP contribution in [0.25, 0.3) is 0 Å². The Labute approximate surface area is 212 Å². The second-order valence-corrected chi connectivity index (χ2v) is 11.1. The number of anilines is 1. The number of ether oxygens (including phenoxy) is 1. The van der Waals surface area contributed by atoms with Crippen molar-refractivity contribution < 1.29 is 17.9 Å². The molecule has 0 aromatic heterocycles. The fourth-order valence-corrected chi connectivity index (χ4v) is 5.44. The minimum Gasteiger partial charge on any atom is -0.497 e. The van der Waals surface area contributed by atoms with Gasteiger partial charge in [0.2, 0.25) is 5.91 Å². The topological polar surface area (TPSA) is 75.7 Å². The van der Waals surface area contributed by atoms with E-state index in [1.807, 2.05) is 43.3 Å². The van der Waals surface area contributed by atoms with Gasteiger partial charge in [0.1, 0.15) is 12.3 Å². The Hall–Kier alpha value is -3.03. The van der Waals surface area contributed by atoms with Gasteiger partial charge in [0, 0.05) is 5.02 Å². The van der Waals surface area contributed by atoms with Crippen LogP contribution in [0.4, 0.5) is 5.69 Å². The molecule has 0 bridgehead atoms. The third kappa shape index (κ3) is 6.77. The SMILES string of the molecule is COc1ccc([C@@H](CC(C)C)NC(=O)CN(c2ccccc2C)S(=O)(=O)c2ccc(Cl)cc2)cc1. The maximum absolute atomic E-state index is 13.6. The lowest BCUT2D eigenvalue weighted by atomic mass is 9.97. The van der Waals surface area contributed by atoms with E-state index >= 15 is 0 Å². The first kappa shape index (κ1) is 26.6. The van der Waals surface area contributed by atoms with Gasteiger partial charge in [-0.3, -0.25) is 9.10 Å². The van der Waals surface area contributed by atoms with Gasteiger partial charge in [-0.25, -0.2) is 8.42 Å². The van der Waals surface area contributed by atoms with Crippen LogP contribution in [-0.4, -0.2) is 28.0 Å². The maximum Gasteiger partial charge on any atom is 0.264 e. The summed E-state index contributed by atoms with van der Waals surface area (Å²) in [5, 5.41) is 3.48. The zero-order chi connectivity index (χ0) is 25.6. The fourth-order valence-electron chi connectivity index (χ4n) is 3.83. The second-order valence-electron chi connectivity index (χ2n) is 8.77. The summed E-state index contributed by atoms with van der Waals surface area (Å²) in [5.41, 5.74) is 2.12. The number of hydrogen-bond acceptors (Lipinski definition) is 4. The zero-order valence-corrected chi connectivity index (χ0v) is 21.9. The summed E-state index contributed by atoms with van der Waals surface area (Å²) in [6.07, 6.45) is 0.701. The molecule has 0 saturated heterocycles. The number of methoxy groups -OCH3 is 1. The van der Waals surface area contributed by atoms with Crippen LogP contribution in [0, 0.1) is 12.8 Å². The maximum atomic E-state index is 13.6. The summed E-state index contributed by atoms with van der Waals surface area (Å²) < 4.78 is 33.6. The van der Waals surface area contributed by atoms with Crippen molar-refractivity contribution in [2.75, 3.05) is 18.0 Å². The third-order valence-electron chi connectivity index (χ3n) is 5.63. The molecule has 0 aliphatic heterocycles. The molecule has 186 valence electrons. The average molecular weight is 515 g/mol. The Kier molecular flexibility index (Phi) is 8.81. The van der Waals surface area contributed by atoms with Gasteiger partial charge in [0.15, 0.2) is 0 Å². The molecule has 1 N–H and O–H groups in total. The van der Waals surface area contributed by atoms with Crippen LogP contribution in [0.3, 0.4) is 0 Å². The largest absolute Gasteiger partial charge is 0.497 e. The molecule has 3 aromatic carbocycles. The Balaban J connectivity index is 1.93. The van der Waals surface area contributed by atoms with Crippen molar-refractivity contribution in [3.05, 3.63) is 88.9 Å². The molecule has 0 aliphatic carbocycles. The standard InChI is InChI=1S/C27H31ClN2O4S/c1-19(2)17-25(21-9-13-23(34-4)14-10-21)29-27(31)18-30(26-8-6-5-7-20(26)3)35(32,33)24-15-11-22(28)12-16-24/h5-16,19,25H,17-18H2,1-4H3,(H,29,31)/t25-/m1/s1. The number of nitrogens with zero attached hydrogens (tertiary/aromatic N) is 1. The molecule has 0 aliphatic rings. The summed E-state index contributed by atoms with van der Waals surface area (Å²) >= 11 is 5.96. The second kappa shape index (κ2) is 11.6. The van der Waals surface area contributed by atoms with E-state index < -0.39 is 15.9 Å². The molecule has 0 saturated carbocycles. The van der Waals surface area contributed by atoms with Gasteiger partial charge < -0.3 is 10.1 Å². The molecule has 1 amide bonds. The first-order chi connectivity index (χ1) is 16.6. The highest BCUT2D eigenvalue weighted by Gasteiger charge is 2.29. The number of nitrogens with one attached hydrogen (secondary N) is 1. The number of benzene rings is 3. The number of carbonyl (C=O) groups excluding carboxylic acids is 1. The fraction of sp³-hybridized carbons (Fsp3) is 0.296. The van der Waals surface area contributed by atoms with Gasteiger partial charge in [-0.15, -0.1) is 0 Å². The number of rotatable bonds is 10. The summed E-state index contributed by atoms with van der Waals surface area (Å²) in [7, 11) is -2.42. The Morgan fingerprint density at radius 3 is 2.20 bits per heavy atom. The first-order valence-corrected chi connectivity index (χ1v) is 13.2. The van der Waals surface area contributed by atoms with Gasteiger partial charge >= 0.3 is 0 Å². The highest BCUT2D eigenvalue weighted by atomic mass is 35.5.